The molecule has 0 bridgehead atoms. The van der Waals surface area contributed by atoms with Crippen molar-refractivity contribution in [1.29, 1.82) is 0 Å². The van der Waals surface area contributed by atoms with Crippen molar-refractivity contribution >= 4 is 11.3 Å². The molecule has 20 heavy (non-hydrogen) atoms. The standard InChI is InChI=1S/C14H19N3O2S/c1-10(6-11-4-5-20-9-11)15-7-12-8-16(2)14(19)17(3)13(12)18/h4-5,8-10,15H,6-7H2,1-3H3. The van der Waals surface area contributed by atoms with Gasteiger partial charge in [0.15, 0.2) is 0 Å². The summed E-state index contributed by atoms with van der Waals surface area (Å²) in [5.74, 6) is 0. The molecule has 0 spiro atoms. The van der Waals surface area contributed by atoms with E-state index in [0.717, 1.165) is 11.0 Å². The van der Waals surface area contributed by atoms with Crippen molar-refractivity contribution < 1.29 is 0 Å². The van der Waals surface area contributed by atoms with Crippen LogP contribution in [0, 0.1) is 0 Å². The zero-order valence-electron chi connectivity index (χ0n) is 11.9. The molecule has 2 heterocycles. The lowest BCUT2D eigenvalue weighted by molar-refractivity contribution is 0.535. The molecule has 0 aromatic carbocycles. The molecule has 0 amide bonds. The summed E-state index contributed by atoms with van der Waals surface area (Å²) in [6, 6.07) is 2.38. The molecule has 0 aliphatic heterocycles. The molecule has 0 saturated carbocycles. The smallest absolute Gasteiger partial charge is 0.310 e. The molecule has 5 nitrogen and oxygen atoms in total. The van der Waals surface area contributed by atoms with Gasteiger partial charge in [-0.2, -0.15) is 11.3 Å². The molecule has 2 rings (SSSR count). The minimum absolute atomic E-state index is 0.233. The second kappa shape index (κ2) is 6.19. The molecule has 0 fully saturated rings. The van der Waals surface area contributed by atoms with E-state index in [0.29, 0.717) is 12.1 Å². The molecule has 1 unspecified atom stereocenters. The number of thiophene rings is 1. The van der Waals surface area contributed by atoms with E-state index in [-0.39, 0.29) is 17.3 Å². The molecule has 1 atom stereocenters. The van der Waals surface area contributed by atoms with Crippen molar-refractivity contribution in [2.75, 3.05) is 0 Å². The fourth-order valence-electron chi connectivity index (χ4n) is 2.12. The van der Waals surface area contributed by atoms with E-state index in [1.54, 1.807) is 24.6 Å². The Morgan fingerprint density at radius 3 is 2.75 bits per heavy atom. The number of hydrogen-bond acceptors (Lipinski definition) is 4. The molecule has 0 radical (unpaired) electrons. The van der Waals surface area contributed by atoms with E-state index in [2.05, 4.69) is 29.1 Å². The Morgan fingerprint density at radius 1 is 1.35 bits per heavy atom. The average molecular weight is 293 g/mol. The third kappa shape index (κ3) is 3.26. The van der Waals surface area contributed by atoms with Crippen LogP contribution in [0.4, 0.5) is 0 Å². The normalized spacial score (nSPS) is 12.6. The Morgan fingerprint density at radius 2 is 2.10 bits per heavy atom. The summed E-state index contributed by atoms with van der Waals surface area (Å²) in [7, 11) is 3.16. The summed E-state index contributed by atoms with van der Waals surface area (Å²) in [6.07, 6.45) is 2.53. The van der Waals surface area contributed by atoms with Gasteiger partial charge in [0.05, 0.1) is 0 Å². The van der Waals surface area contributed by atoms with Crippen LogP contribution in [-0.2, 0) is 27.1 Å². The van der Waals surface area contributed by atoms with Crippen LogP contribution in [0.3, 0.4) is 0 Å². The highest BCUT2D eigenvalue weighted by Gasteiger charge is 2.09. The molecule has 0 aliphatic carbocycles. The second-order valence-electron chi connectivity index (χ2n) is 5.03. The predicted molar refractivity (Wildman–Crippen MR) is 81.2 cm³/mol. The van der Waals surface area contributed by atoms with Crippen LogP contribution in [0.5, 0.6) is 0 Å². The highest BCUT2D eigenvalue weighted by Crippen LogP contribution is 2.08. The molecule has 2 aromatic rings. The lowest BCUT2D eigenvalue weighted by Gasteiger charge is -2.13. The van der Waals surface area contributed by atoms with Gasteiger partial charge < -0.3 is 9.88 Å². The molecule has 0 saturated heterocycles. The minimum atomic E-state index is -0.301. The maximum atomic E-state index is 12.0. The number of nitrogens with one attached hydrogen (secondary N) is 1. The number of aryl methyl sites for hydroxylation is 1. The van der Waals surface area contributed by atoms with E-state index in [4.69, 9.17) is 0 Å². The Balaban J connectivity index is 2.04. The zero-order chi connectivity index (χ0) is 14.7. The Labute approximate surface area is 121 Å². The lowest BCUT2D eigenvalue weighted by atomic mass is 10.1. The lowest BCUT2D eigenvalue weighted by Crippen LogP contribution is -2.40. The van der Waals surface area contributed by atoms with E-state index in [1.165, 1.54) is 17.2 Å². The van der Waals surface area contributed by atoms with Gasteiger partial charge in [0.25, 0.3) is 5.56 Å². The van der Waals surface area contributed by atoms with Crippen molar-refractivity contribution in [2.45, 2.75) is 25.9 Å². The average Bonchev–Trinajstić information content (AvgIpc) is 2.92. The number of hydrogen-bond donors (Lipinski definition) is 1. The van der Waals surface area contributed by atoms with Gasteiger partial charge in [-0.15, -0.1) is 0 Å². The van der Waals surface area contributed by atoms with Crippen molar-refractivity contribution in [2.24, 2.45) is 14.1 Å². The Kier molecular flexibility index (Phi) is 4.57. The molecule has 0 aliphatic rings. The molecular formula is C14H19N3O2S. The van der Waals surface area contributed by atoms with Crippen molar-refractivity contribution in [3.05, 3.63) is 55.0 Å². The van der Waals surface area contributed by atoms with Gasteiger partial charge >= 0.3 is 5.69 Å². The van der Waals surface area contributed by atoms with Crippen LogP contribution >= 0.6 is 11.3 Å². The third-order valence-corrected chi connectivity index (χ3v) is 4.01. The Bertz CT molecular complexity index is 685. The molecule has 1 N–H and O–H groups in total. The van der Waals surface area contributed by atoms with Crippen LogP contribution in [0.25, 0.3) is 0 Å². The summed E-state index contributed by atoms with van der Waals surface area (Å²) in [5, 5.41) is 7.52. The fourth-order valence-corrected chi connectivity index (χ4v) is 2.80. The van der Waals surface area contributed by atoms with Crippen molar-refractivity contribution in [3.8, 4) is 0 Å². The SMILES string of the molecule is CC(Cc1ccsc1)NCc1cn(C)c(=O)n(C)c1=O. The first kappa shape index (κ1) is 14.7. The van der Waals surface area contributed by atoms with Crippen LogP contribution in [0.15, 0.2) is 32.6 Å². The minimum Gasteiger partial charge on any atom is -0.310 e. The van der Waals surface area contributed by atoms with E-state index in [1.807, 2.05) is 0 Å². The second-order valence-corrected chi connectivity index (χ2v) is 5.81. The van der Waals surface area contributed by atoms with Crippen LogP contribution in [0.1, 0.15) is 18.1 Å². The van der Waals surface area contributed by atoms with Crippen molar-refractivity contribution in [3.63, 3.8) is 0 Å². The topological polar surface area (TPSA) is 56.0 Å². The van der Waals surface area contributed by atoms with Gasteiger partial charge in [-0.1, -0.05) is 0 Å². The van der Waals surface area contributed by atoms with Gasteiger partial charge in [0, 0.05) is 38.4 Å². The number of aromatic nitrogens is 2. The number of nitrogens with zero attached hydrogens (tertiary/aromatic N) is 2. The molecule has 108 valence electrons. The third-order valence-electron chi connectivity index (χ3n) is 3.28. The maximum Gasteiger partial charge on any atom is 0.330 e. The zero-order valence-corrected chi connectivity index (χ0v) is 12.7. The Hall–Kier alpha value is -1.66. The van der Waals surface area contributed by atoms with Gasteiger partial charge in [-0.3, -0.25) is 9.36 Å². The maximum absolute atomic E-state index is 12.0. The highest BCUT2D eigenvalue weighted by molar-refractivity contribution is 7.07. The van der Waals surface area contributed by atoms with Crippen LogP contribution in [-0.4, -0.2) is 15.2 Å². The number of rotatable bonds is 5. The first-order valence-corrected chi connectivity index (χ1v) is 7.43. The van der Waals surface area contributed by atoms with Gasteiger partial charge in [0.2, 0.25) is 0 Å². The predicted octanol–water partition coefficient (Wildman–Crippen LogP) is 0.866. The summed E-state index contributed by atoms with van der Waals surface area (Å²) >= 11 is 1.68. The van der Waals surface area contributed by atoms with Gasteiger partial charge in [-0.25, -0.2) is 4.79 Å². The van der Waals surface area contributed by atoms with E-state index >= 15 is 0 Å². The van der Waals surface area contributed by atoms with Crippen LogP contribution < -0.4 is 16.6 Å². The summed E-state index contributed by atoms with van der Waals surface area (Å²) in [4.78, 5) is 23.6. The quantitative estimate of drug-likeness (QED) is 0.890. The molecular weight excluding hydrogens is 274 g/mol. The first-order chi connectivity index (χ1) is 9.49. The largest absolute Gasteiger partial charge is 0.330 e. The summed E-state index contributed by atoms with van der Waals surface area (Å²) < 4.78 is 2.57. The molecule has 2 aromatic heterocycles. The van der Waals surface area contributed by atoms with E-state index < -0.39 is 0 Å². The van der Waals surface area contributed by atoms with Gasteiger partial charge in [0.1, 0.15) is 0 Å². The molecule has 6 heteroatoms. The van der Waals surface area contributed by atoms with Crippen molar-refractivity contribution in [1.82, 2.24) is 14.5 Å². The summed E-state index contributed by atoms with van der Waals surface area (Å²) in [6.45, 7) is 2.55. The highest BCUT2D eigenvalue weighted by atomic mass is 32.1. The monoisotopic (exact) mass is 293 g/mol. The first-order valence-electron chi connectivity index (χ1n) is 6.49. The van der Waals surface area contributed by atoms with Crippen LogP contribution in [0.2, 0.25) is 0 Å². The van der Waals surface area contributed by atoms with Gasteiger partial charge in [-0.05, 0) is 35.7 Å². The summed E-state index contributed by atoms with van der Waals surface area (Å²) in [5.41, 5.74) is 1.36. The fraction of sp³-hybridized carbons (Fsp3) is 0.429. The van der Waals surface area contributed by atoms with E-state index in [9.17, 15) is 9.59 Å².